The van der Waals surface area contributed by atoms with Gasteiger partial charge in [-0.25, -0.2) is 9.59 Å². The molecule has 0 amide bonds. The van der Waals surface area contributed by atoms with Crippen molar-refractivity contribution in [3.8, 4) is 5.69 Å². The minimum Gasteiger partial charge on any atom is -0.291 e. The van der Waals surface area contributed by atoms with Crippen LogP contribution >= 0.6 is 0 Å². The molecule has 3 aromatic heterocycles. The van der Waals surface area contributed by atoms with Crippen molar-refractivity contribution in [3.05, 3.63) is 91.7 Å². The van der Waals surface area contributed by atoms with Crippen LogP contribution in [-0.2, 0) is 6.54 Å². The summed E-state index contributed by atoms with van der Waals surface area (Å²) in [5.41, 5.74) is -0.171. The molecule has 0 atom stereocenters. The number of benzene rings is 1. The van der Waals surface area contributed by atoms with Crippen molar-refractivity contribution in [2.75, 3.05) is 0 Å². The lowest BCUT2D eigenvalue weighted by molar-refractivity contribution is 0.747. The van der Waals surface area contributed by atoms with E-state index < -0.39 is 16.9 Å². The van der Waals surface area contributed by atoms with E-state index in [1.165, 1.54) is 15.3 Å². The summed E-state index contributed by atoms with van der Waals surface area (Å²) in [5.74, 6) is 0. The molecule has 0 fully saturated rings. The average molecular weight is 335 g/mol. The van der Waals surface area contributed by atoms with Crippen LogP contribution in [0.2, 0.25) is 0 Å². The molecule has 124 valence electrons. The van der Waals surface area contributed by atoms with Crippen molar-refractivity contribution in [2.45, 2.75) is 6.54 Å². The number of aromatic nitrogens is 5. The highest BCUT2D eigenvalue weighted by atomic mass is 16.2. The van der Waals surface area contributed by atoms with Crippen LogP contribution in [0, 0.1) is 0 Å². The van der Waals surface area contributed by atoms with Gasteiger partial charge in [-0.1, -0.05) is 30.3 Å². The molecule has 8 nitrogen and oxygen atoms in total. The minimum atomic E-state index is -0.633. The van der Waals surface area contributed by atoms with Gasteiger partial charge in [0.1, 0.15) is 5.65 Å². The Kier molecular flexibility index (Phi) is 3.42. The predicted octanol–water partition coefficient (Wildman–Crippen LogP) is 0.612. The molecule has 0 aliphatic heterocycles. The molecule has 1 aromatic carbocycles. The molecule has 0 spiro atoms. The Labute approximate surface area is 140 Å². The molecule has 4 rings (SSSR count). The summed E-state index contributed by atoms with van der Waals surface area (Å²) < 4.78 is 2.54. The summed E-state index contributed by atoms with van der Waals surface area (Å²) in [4.78, 5) is 45.9. The molecule has 0 saturated carbocycles. The fourth-order valence-electron chi connectivity index (χ4n) is 2.80. The Bertz CT molecular complexity index is 1220. The van der Waals surface area contributed by atoms with Crippen molar-refractivity contribution >= 4 is 11.2 Å². The fraction of sp³-hybridized carbons (Fsp3) is 0.0588. The van der Waals surface area contributed by atoms with Gasteiger partial charge in [-0.3, -0.25) is 28.9 Å². The number of fused-ring (bicyclic) bond motifs is 1. The highest BCUT2D eigenvalue weighted by Gasteiger charge is 2.17. The molecule has 3 heterocycles. The van der Waals surface area contributed by atoms with Gasteiger partial charge in [-0.2, -0.15) is 0 Å². The van der Waals surface area contributed by atoms with E-state index in [9.17, 15) is 14.4 Å². The van der Waals surface area contributed by atoms with Crippen LogP contribution in [0.25, 0.3) is 16.9 Å². The van der Waals surface area contributed by atoms with Crippen molar-refractivity contribution in [3.63, 3.8) is 0 Å². The van der Waals surface area contributed by atoms with E-state index in [0.29, 0.717) is 5.69 Å². The largest absolute Gasteiger partial charge is 0.332 e. The maximum atomic E-state index is 12.4. The maximum Gasteiger partial charge on any atom is 0.332 e. The second kappa shape index (κ2) is 5.75. The first-order valence-corrected chi connectivity index (χ1v) is 7.57. The molecule has 2 N–H and O–H groups in total. The Morgan fingerprint density at radius 2 is 1.72 bits per heavy atom. The van der Waals surface area contributed by atoms with Crippen LogP contribution in [0.5, 0.6) is 0 Å². The van der Waals surface area contributed by atoms with Gasteiger partial charge in [-0.15, -0.1) is 0 Å². The van der Waals surface area contributed by atoms with Crippen LogP contribution in [0.1, 0.15) is 5.56 Å². The molecule has 4 aromatic rings. The van der Waals surface area contributed by atoms with Crippen molar-refractivity contribution in [2.24, 2.45) is 0 Å². The van der Waals surface area contributed by atoms with Crippen molar-refractivity contribution in [1.82, 2.24) is 24.1 Å². The third-order valence-electron chi connectivity index (χ3n) is 3.91. The molecule has 0 aliphatic carbocycles. The number of nitrogens with zero attached hydrogens (tertiary/aromatic N) is 3. The number of H-pyrrole nitrogens is 2. The van der Waals surface area contributed by atoms with Gasteiger partial charge in [0.2, 0.25) is 0 Å². The molecule has 0 radical (unpaired) electrons. The normalized spacial score (nSPS) is 11.0. The third kappa shape index (κ3) is 2.49. The van der Waals surface area contributed by atoms with E-state index in [2.05, 4.69) is 15.0 Å². The number of rotatable bonds is 3. The third-order valence-corrected chi connectivity index (χ3v) is 3.91. The van der Waals surface area contributed by atoms with Crippen LogP contribution < -0.4 is 16.9 Å². The van der Waals surface area contributed by atoms with Gasteiger partial charge >= 0.3 is 11.4 Å². The second-order valence-electron chi connectivity index (χ2n) is 5.51. The Balaban J connectivity index is 2.02. The van der Waals surface area contributed by atoms with Crippen LogP contribution in [0.4, 0.5) is 0 Å². The number of pyridine rings is 1. The molecule has 25 heavy (non-hydrogen) atoms. The van der Waals surface area contributed by atoms with E-state index >= 15 is 0 Å². The SMILES string of the molecule is O=c1[nH]c(=O)n(Cc2ccccc2)c2[nH]c(=O)n(-c3cccnc3)c12. The smallest absolute Gasteiger partial charge is 0.291 e. The highest BCUT2D eigenvalue weighted by molar-refractivity contribution is 5.72. The van der Waals surface area contributed by atoms with Crippen molar-refractivity contribution in [1.29, 1.82) is 0 Å². The molecular weight excluding hydrogens is 322 g/mol. The van der Waals surface area contributed by atoms with E-state index in [-0.39, 0.29) is 17.7 Å². The first kappa shape index (κ1) is 14.9. The van der Waals surface area contributed by atoms with E-state index in [1.54, 1.807) is 18.3 Å². The van der Waals surface area contributed by atoms with Crippen LogP contribution in [0.3, 0.4) is 0 Å². The number of hydrogen-bond acceptors (Lipinski definition) is 4. The Morgan fingerprint density at radius 1 is 0.920 bits per heavy atom. The lowest BCUT2D eigenvalue weighted by Crippen LogP contribution is -2.31. The Morgan fingerprint density at radius 3 is 2.44 bits per heavy atom. The molecule has 0 unspecified atom stereocenters. The zero-order valence-corrected chi connectivity index (χ0v) is 13.0. The van der Waals surface area contributed by atoms with Crippen LogP contribution in [-0.4, -0.2) is 24.1 Å². The van der Waals surface area contributed by atoms with Crippen molar-refractivity contribution < 1.29 is 0 Å². The monoisotopic (exact) mass is 335 g/mol. The number of aromatic amines is 2. The molecule has 0 bridgehead atoms. The van der Waals surface area contributed by atoms with Gasteiger partial charge in [0.05, 0.1) is 18.4 Å². The van der Waals surface area contributed by atoms with E-state index in [1.807, 2.05) is 30.3 Å². The lowest BCUT2D eigenvalue weighted by Gasteiger charge is -2.07. The first-order chi connectivity index (χ1) is 12.1. The first-order valence-electron chi connectivity index (χ1n) is 7.57. The molecule has 0 aliphatic rings. The minimum absolute atomic E-state index is 0.0773. The molecule has 0 saturated heterocycles. The summed E-state index contributed by atoms with van der Waals surface area (Å²) in [7, 11) is 0. The Hall–Kier alpha value is -3.68. The van der Waals surface area contributed by atoms with Gasteiger partial charge < -0.3 is 0 Å². The maximum absolute atomic E-state index is 12.4. The van der Waals surface area contributed by atoms with Gasteiger partial charge in [0.15, 0.2) is 5.52 Å². The number of hydrogen-bond donors (Lipinski definition) is 2. The zero-order chi connectivity index (χ0) is 17.4. The van der Waals surface area contributed by atoms with E-state index in [4.69, 9.17) is 0 Å². The van der Waals surface area contributed by atoms with Gasteiger partial charge in [0, 0.05) is 6.20 Å². The molecular formula is C17H13N5O3. The summed E-state index contributed by atoms with van der Waals surface area (Å²) in [6, 6.07) is 12.6. The topological polar surface area (TPSA) is 106 Å². The predicted molar refractivity (Wildman–Crippen MR) is 92.1 cm³/mol. The summed E-state index contributed by atoms with van der Waals surface area (Å²) >= 11 is 0. The standard InChI is InChI=1S/C17H13N5O3/c23-15-13-14(19-17(25)22(13)12-7-4-8-18-9-12)21(16(24)20-15)10-11-5-2-1-3-6-11/h1-9H,10H2,(H,19,25)(H,20,23,24). The zero-order valence-electron chi connectivity index (χ0n) is 13.0. The fourth-order valence-corrected chi connectivity index (χ4v) is 2.80. The average Bonchev–Trinajstić information content (AvgIpc) is 2.98. The van der Waals surface area contributed by atoms with Crippen LogP contribution in [0.15, 0.2) is 69.2 Å². The number of imidazole rings is 1. The summed E-state index contributed by atoms with van der Waals surface area (Å²) in [6.07, 6.45) is 3.04. The van der Waals surface area contributed by atoms with Gasteiger partial charge in [0.25, 0.3) is 5.56 Å². The summed E-state index contributed by atoms with van der Waals surface area (Å²) in [6.45, 7) is 0.222. The number of nitrogens with one attached hydrogen (secondary N) is 2. The molecule has 8 heteroatoms. The van der Waals surface area contributed by atoms with E-state index in [0.717, 1.165) is 5.56 Å². The lowest BCUT2D eigenvalue weighted by atomic mass is 10.2. The highest BCUT2D eigenvalue weighted by Crippen LogP contribution is 2.11. The second-order valence-corrected chi connectivity index (χ2v) is 5.51. The quantitative estimate of drug-likeness (QED) is 0.572. The summed E-state index contributed by atoms with van der Waals surface area (Å²) in [5, 5.41) is 0. The van der Waals surface area contributed by atoms with Gasteiger partial charge in [-0.05, 0) is 17.7 Å².